The second kappa shape index (κ2) is 9.32. The summed E-state index contributed by atoms with van der Waals surface area (Å²) in [5.41, 5.74) is 1.93. The molecule has 0 saturated carbocycles. The summed E-state index contributed by atoms with van der Waals surface area (Å²) in [4.78, 5) is 0. The minimum Gasteiger partial charge on any atom is -0.493 e. The summed E-state index contributed by atoms with van der Waals surface area (Å²) in [6, 6.07) is 13.5. The Bertz CT molecular complexity index is 882. The minimum absolute atomic E-state index is 0.453. The topological polar surface area (TPSA) is 66.6 Å². The predicted octanol–water partition coefficient (Wildman–Crippen LogP) is 4.62. The van der Waals surface area contributed by atoms with E-state index in [-0.39, 0.29) is 0 Å². The Labute approximate surface area is 162 Å². The molecule has 0 amide bonds. The Morgan fingerprint density at radius 1 is 0.963 bits per heavy atom. The molecule has 142 valence electrons. The summed E-state index contributed by atoms with van der Waals surface area (Å²) in [5, 5.41) is 8.74. The van der Waals surface area contributed by atoms with E-state index in [0.717, 1.165) is 29.1 Å². The first-order chi connectivity index (χ1) is 13.2. The van der Waals surface area contributed by atoms with Crippen LogP contribution in [0.4, 0.5) is 0 Å². The molecule has 0 aliphatic heterocycles. The number of methoxy groups -OCH3 is 2. The lowest BCUT2D eigenvalue weighted by Gasteiger charge is -2.08. The van der Waals surface area contributed by atoms with Gasteiger partial charge in [0.1, 0.15) is 5.75 Å². The van der Waals surface area contributed by atoms with Crippen LogP contribution in [0.2, 0.25) is 0 Å². The summed E-state index contributed by atoms with van der Waals surface area (Å²) < 4.78 is 22.1. The lowest BCUT2D eigenvalue weighted by molar-refractivity contribution is 0.316. The minimum atomic E-state index is 0.453. The first-order valence-corrected chi connectivity index (χ1v) is 9.57. The summed E-state index contributed by atoms with van der Waals surface area (Å²) in [5.74, 6) is 3.49. The van der Waals surface area contributed by atoms with Crippen molar-refractivity contribution >= 4 is 11.8 Å². The molecule has 1 heterocycles. The number of hydrogen-bond acceptors (Lipinski definition) is 7. The third kappa shape index (κ3) is 4.95. The number of rotatable bonds is 9. The molecule has 0 spiro atoms. The van der Waals surface area contributed by atoms with Crippen molar-refractivity contribution in [3.63, 3.8) is 0 Å². The Morgan fingerprint density at radius 2 is 1.78 bits per heavy atom. The fraction of sp³-hybridized carbons (Fsp3) is 0.300. The van der Waals surface area contributed by atoms with Gasteiger partial charge >= 0.3 is 0 Å². The third-order valence-electron chi connectivity index (χ3n) is 3.90. The molecule has 0 aliphatic carbocycles. The zero-order valence-electron chi connectivity index (χ0n) is 15.6. The van der Waals surface area contributed by atoms with E-state index in [0.29, 0.717) is 29.2 Å². The van der Waals surface area contributed by atoms with Gasteiger partial charge in [-0.1, -0.05) is 30.0 Å². The fourth-order valence-corrected chi connectivity index (χ4v) is 3.15. The molecule has 0 radical (unpaired) electrons. The van der Waals surface area contributed by atoms with Gasteiger partial charge in [-0.2, -0.15) is 0 Å². The molecular formula is C20H22N2O4S. The number of hydrogen-bond donors (Lipinski definition) is 0. The van der Waals surface area contributed by atoms with Crippen molar-refractivity contribution in [2.24, 2.45) is 0 Å². The highest BCUT2D eigenvalue weighted by Gasteiger charge is 2.12. The van der Waals surface area contributed by atoms with Crippen molar-refractivity contribution in [2.45, 2.75) is 18.6 Å². The molecular weight excluding hydrogens is 364 g/mol. The fourth-order valence-electron chi connectivity index (χ4n) is 2.47. The number of aryl methyl sites for hydroxylation is 1. The molecule has 27 heavy (non-hydrogen) atoms. The Kier molecular flexibility index (Phi) is 6.59. The molecule has 0 saturated heterocycles. The van der Waals surface area contributed by atoms with Crippen molar-refractivity contribution in [1.82, 2.24) is 10.2 Å². The Hall–Kier alpha value is -2.67. The number of aromatic nitrogens is 2. The predicted molar refractivity (Wildman–Crippen MR) is 105 cm³/mol. The van der Waals surface area contributed by atoms with Crippen molar-refractivity contribution in [1.29, 1.82) is 0 Å². The number of para-hydroxylation sites is 1. The van der Waals surface area contributed by atoms with Gasteiger partial charge in [-0.05, 0) is 43.2 Å². The molecule has 0 bridgehead atoms. The van der Waals surface area contributed by atoms with E-state index in [9.17, 15) is 0 Å². The van der Waals surface area contributed by atoms with Crippen LogP contribution < -0.4 is 14.2 Å². The highest BCUT2D eigenvalue weighted by Crippen LogP contribution is 2.32. The van der Waals surface area contributed by atoms with Gasteiger partial charge in [0.15, 0.2) is 11.5 Å². The molecule has 3 aromatic rings. The molecule has 3 rings (SSSR count). The molecule has 1 aromatic heterocycles. The highest BCUT2D eigenvalue weighted by atomic mass is 32.2. The van der Waals surface area contributed by atoms with Crippen molar-refractivity contribution in [3.8, 4) is 28.7 Å². The number of nitrogens with zero attached hydrogens (tertiary/aromatic N) is 2. The average molecular weight is 386 g/mol. The summed E-state index contributed by atoms with van der Waals surface area (Å²) >= 11 is 1.52. The van der Waals surface area contributed by atoms with Crippen LogP contribution in [0.5, 0.6) is 17.2 Å². The molecule has 7 heteroatoms. The largest absolute Gasteiger partial charge is 0.493 e. The molecule has 2 aromatic carbocycles. The monoisotopic (exact) mass is 386 g/mol. The second-order valence-corrected chi connectivity index (χ2v) is 6.81. The average Bonchev–Trinajstić information content (AvgIpc) is 3.17. The smallest absolute Gasteiger partial charge is 0.276 e. The number of thioether (sulfide) groups is 1. The second-order valence-electron chi connectivity index (χ2n) is 5.76. The van der Waals surface area contributed by atoms with Crippen LogP contribution in [0.1, 0.15) is 12.0 Å². The van der Waals surface area contributed by atoms with Crippen molar-refractivity contribution < 1.29 is 18.6 Å². The van der Waals surface area contributed by atoms with Crippen LogP contribution in [-0.4, -0.2) is 36.8 Å². The molecule has 0 unspecified atom stereocenters. The van der Waals surface area contributed by atoms with Gasteiger partial charge in [0.2, 0.25) is 5.89 Å². The summed E-state index contributed by atoms with van der Waals surface area (Å²) in [6.45, 7) is 2.69. The van der Waals surface area contributed by atoms with Gasteiger partial charge in [0.25, 0.3) is 5.22 Å². The lowest BCUT2D eigenvalue weighted by Crippen LogP contribution is -1.99. The van der Waals surface area contributed by atoms with Gasteiger partial charge in [0, 0.05) is 11.3 Å². The third-order valence-corrected chi connectivity index (χ3v) is 4.81. The van der Waals surface area contributed by atoms with E-state index >= 15 is 0 Å². The van der Waals surface area contributed by atoms with Gasteiger partial charge in [0.05, 0.1) is 20.8 Å². The van der Waals surface area contributed by atoms with E-state index in [2.05, 4.69) is 10.2 Å². The quantitative estimate of drug-likeness (QED) is 0.392. The van der Waals surface area contributed by atoms with Crippen LogP contribution >= 0.6 is 11.8 Å². The summed E-state index contributed by atoms with van der Waals surface area (Å²) in [7, 11) is 3.19. The highest BCUT2D eigenvalue weighted by molar-refractivity contribution is 7.99. The van der Waals surface area contributed by atoms with Crippen LogP contribution in [0.15, 0.2) is 52.1 Å². The molecule has 0 aliphatic rings. The molecule has 6 nitrogen and oxygen atoms in total. The maximum absolute atomic E-state index is 5.79. The maximum Gasteiger partial charge on any atom is 0.276 e. The van der Waals surface area contributed by atoms with E-state index < -0.39 is 0 Å². The number of benzene rings is 2. The van der Waals surface area contributed by atoms with E-state index in [1.165, 1.54) is 11.8 Å². The van der Waals surface area contributed by atoms with Crippen molar-refractivity contribution in [3.05, 3.63) is 48.0 Å². The normalized spacial score (nSPS) is 10.6. The van der Waals surface area contributed by atoms with Crippen molar-refractivity contribution in [2.75, 3.05) is 26.6 Å². The Morgan fingerprint density at radius 3 is 2.56 bits per heavy atom. The van der Waals surface area contributed by atoms with Crippen LogP contribution in [0, 0.1) is 6.92 Å². The van der Waals surface area contributed by atoms with E-state index in [1.54, 1.807) is 14.2 Å². The zero-order chi connectivity index (χ0) is 19.1. The van der Waals surface area contributed by atoms with Gasteiger partial charge in [-0.3, -0.25) is 0 Å². The first kappa shape index (κ1) is 19.1. The first-order valence-electron chi connectivity index (χ1n) is 8.58. The van der Waals surface area contributed by atoms with Crippen LogP contribution in [0.3, 0.4) is 0 Å². The maximum atomic E-state index is 5.79. The standard InChI is InChI=1S/C20H22N2O4S/c1-14-7-4-5-8-16(14)25-11-6-12-27-20-22-21-19(26-20)15-9-10-17(23-2)18(13-15)24-3/h4-5,7-10,13H,6,11-12H2,1-3H3. The van der Waals surface area contributed by atoms with E-state index in [4.69, 9.17) is 18.6 Å². The number of ether oxygens (including phenoxy) is 3. The SMILES string of the molecule is COc1ccc(-c2nnc(SCCCOc3ccccc3C)o2)cc1OC. The molecule has 0 N–H and O–H groups in total. The van der Waals surface area contributed by atoms with Gasteiger partial charge < -0.3 is 18.6 Å². The lowest BCUT2D eigenvalue weighted by atomic mass is 10.2. The zero-order valence-corrected chi connectivity index (χ0v) is 16.4. The van der Waals surface area contributed by atoms with Crippen LogP contribution in [-0.2, 0) is 0 Å². The van der Waals surface area contributed by atoms with Gasteiger partial charge in [-0.25, -0.2) is 0 Å². The van der Waals surface area contributed by atoms with Gasteiger partial charge in [-0.15, -0.1) is 10.2 Å². The molecule has 0 atom stereocenters. The summed E-state index contributed by atoms with van der Waals surface area (Å²) in [6.07, 6.45) is 0.882. The van der Waals surface area contributed by atoms with Crippen LogP contribution in [0.25, 0.3) is 11.5 Å². The Balaban J connectivity index is 1.50. The molecule has 0 fully saturated rings. The van der Waals surface area contributed by atoms with E-state index in [1.807, 2.05) is 49.4 Å².